The number of carbonyl (C=O) groups is 3. The average Bonchev–Trinajstić information content (AvgIpc) is 3.24. The summed E-state index contributed by atoms with van der Waals surface area (Å²) < 4.78 is 0. The maximum absolute atomic E-state index is 10.9. The molecule has 7 nitrogen and oxygen atoms in total. The molecule has 0 radical (unpaired) electrons. The van der Waals surface area contributed by atoms with E-state index in [4.69, 9.17) is 15.9 Å². The van der Waals surface area contributed by atoms with Crippen molar-refractivity contribution in [1.82, 2.24) is 5.32 Å². The molecule has 0 spiro atoms. The van der Waals surface area contributed by atoms with Crippen LogP contribution in [0.1, 0.15) is 74.3 Å². The van der Waals surface area contributed by atoms with Crippen LogP contribution in [0.3, 0.4) is 0 Å². The molecule has 0 aliphatic rings. The summed E-state index contributed by atoms with van der Waals surface area (Å²) in [5.74, 6) is -1.80. The topological polar surface area (TPSA) is 130 Å². The normalized spacial score (nSPS) is 11.8. The van der Waals surface area contributed by atoms with Gasteiger partial charge in [-0.2, -0.15) is 0 Å². The van der Waals surface area contributed by atoms with Crippen LogP contribution in [0, 0.1) is 27.7 Å². The number of hydrogen-bond donors (Lipinski definition) is 4. The van der Waals surface area contributed by atoms with Gasteiger partial charge < -0.3 is 21.3 Å². The maximum Gasteiger partial charge on any atom is 0.320 e. The zero-order valence-electron chi connectivity index (χ0n) is 34.6. The van der Waals surface area contributed by atoms with Crippen molar-refractivity contribution in [2.45, 2.75) is 60.2 Å². The number of benzene rings is 6. The molecule has 0 amide bonds. The van der Waals surface area contributed by atoms with Crippen molar-refractivity contribution < 1.29 is 24.6 Å². The Morgan fingerprint density at radius 3 is 1.42 bits per heavy atom. The van der Waals surface area contributed by atoms with Gasteiger partial charge in [0.1, 0.15) is 18.4 Å². The Bertz CT molecular complexity index is 2400. The summed E-state index contributed by atoms with van der Waals surface area (Å²) in [7, 11) is 0. The molecule has 302 valence electrons. The van der Waals surface area contributed by atoms with Gasteiger partial charge in [-0.15, -0.1) is 0 Å². The fourth-order valence-corrected chi connectivity index (χ4v) is 6.24. The van der Waals surface area contributed by atoms with Crippen molar-refractivity contribution in [3.63, 3.8) is 0 Å². The minimum atomic E-state index is -0.963. The highest BCUT2D eigenvalue weighted by atomic mass is 16.4. The first-order chi connectivity index (χ1) is 28.3. The van der Waals surface area contributed by atoms with Crippen LogP contribution in [-0.2, 0) is 16.1 Å². The summed E-state index contributed by atoms with van der Waals surface area (Å²) in [5.41, 5.74) is 21.1. The van der Waals surface area contributed by atoms with Crippen LogP contribution in [0.2, 0.25) is 0 Å². The highest BCUT2D eigenvalue weighted by Crippen LogP contribution is 2.28. The summed E-state index contributed by atoms with van der Waals surface area (Å²) in [4.78, 5) is 31.4. The van der Waals surface area contributed by atoms with E-state index >= 15 is 0 Å². The van der Waals surface area contributed by atoms with Crippen molar-refractivity contribution in [3.05, 3.63) is 189 Å². The smallest absolute Gasteiger partial charge is 0.320 e. The van der Waals surface area contributed by atoms with Gasteiger partial charge in [-0.3, -0.25) is 14.4 Å². The van der Waals surface area contributed by atoms with Crippen molar-refractivity contribution in [2.24, 2.45) is 5.73 Å². The molecule has 5 N–H and O–H groups in total. The molecule has 0 aromatic heterocycles. The van der Waals surface area contributed by atoms with E-state index in [-0.39, 0.29) is 0 Å². The predicted molar refractivity (Wildman–Crippen MR) is 244 cm³/mol. The first-order valence-electron chi connectivity index (χ1n) is 19.5. The van der Waals surface area contributed by atoms with Gasteiger partial charge in [0.05, 0.1) is 0 Å². The molecule has 2 atom stereocenters. The molecule has 0 bridgehead atoms. The zero-order chi connectivity index (χ0) is 42.9. The minimum absolute atomic E-state index is 0.538. The number of carboxylic acids is 2. The number of nitrogens with two attached hydrogens (primary N) is 1. The average molecular weight is 787 g/mol. The number of rotatable bonds is 12. The van der Waals surface area contributed by atoms with Crippen LogP contribution in [0.25, 0.3) is 46.6 Å². The lowest BCUT2D eigenvalue weighted by molar-refractivity contribution is -0.139. The van der Waals surface area contributed by atoms with Gasteiger partial charge >= 0.3 is 11.9 Å². The molecule has 0 saturated heterocycles. The molecule has 0 saturated carbocycles. The molecule has 0 fully saturated rings. The standard InChI is InChI=1S/C26H27NO2.C23H20O.C3H7NO2/c1-18-16-21(17-27-20(3)26(28)29)12-13-22(18)14-15-23-10-7-11-25(19(23)2)24-8-5-4-6-9-24;1-17-15-19(16-24)11-12-20(17)13-14-21-9-6-10-23(18(21)2)22-7-4-3-5-8-22;1-2(4)3(5)6/h4-16,20,27H,17H2,1-3H3,(H,28,29);3-16H,1-2H3;2H,4H2,1H3,(H,5,6)/b15-14+;14-13+;/t20-;;2-/m1.1/s1. The van der Waals surface area contributed by atoms with E-state index in [2.05, 4.69) is 147 Å². The Labute approximate surface area is 348 Å². The van der Waals surface area contributed by atoms with E-state index in [1.165, 1.54) is 57.0 Å². The van der Waals surface area contributed by atoms with Crippen molar-refractivity contribution >= 4 is 42.5 Å². The van der Waals surface area contributed by atoms with Crippen molar-refractivity contribution in [1.29, 1.82) is 0 Å². The molecule has 0 aliphatic carbocycles. The summed E-state index contributed by atoms with van der Waals surface area (Å²) in [6, 6.07) is 44.4. The lowest BCUT2D eigenvalue weighted by Gasteiger charge is -2.11. The summed E-state index contributed by atoms with van der Waals surface area (Å²) in [6.07, 6.45) is 9.44. The second kappa shape index (κ2) is 22.3. The quantitative estimate of drug-likeness (QED) is 0.0718. The summed E-state index contributed by atoms with van der Waals surface area (Å²) >= 11 is 0. The highest BCUT2D eigenvalue weighted by molar-refractivity contribution is 5.81. The van der Waals surface area contributed by atoms with Crippen LogP contribution in [0.4, 0.5) is 0 Å². The van der Waals surface area contributed by atoms with Crippen molar-refractivity contribution in [3.8, 4) is 22.3 Å². The Hall–Kier alpha value is -6.67. The Kier molecular flexibility index (Phi) is 17.0. The molecule has 7 heteroatoms. The molecule has 6 rings (SSSR count). The number of carbonyl (C=O) groups excluding carboxylic acids is 1. The van der Waals surface area contributed by atoms with Gasteiger partial charge in [0.25, 0.3) is 0 Å². The largest absolute Gasteiger partial charge is 0.480 e. The molecule has 0 unspecified atom stereocenters. The van der Waals surface area contributed by atoms with Gasteiger partial charge in [0.2, 0.25) is 0 Å². The molecule has 0 aliphatic heterocycles. The van der Waals surface area contributed by atoms with Gasteiger partial charge in [-0.1, -0.05) is 152 Å². The van der Waals surface area contributed by atoms with Crippen molar-refractivity contribution in [2.75, 3.05) is 0 Å². The molecule has 0 heterocycles. The molecule has 6 aromatic carbocycles. The maximum atomic E-state index is 10.9. The minimum Gasteiger partial charge on any atom is -0.480 e. The number of hydrogen-bond acceptors (Lipinski definition) is 5. The van der Waals surface area contributed by atoms with E-state index in [9.17, 15) is 14.4 Å². The van der Waals surface area contributed by atoms with E-state index in [1.807, 2.05) is 43.3 Å². The molecular weight excluding hydrogens is 733 g/mol. The van der Waals surface area contributed by atoms with Crippen LogP contribution in [0.15, 0.2) is 133 Å². The first kappa shape index (κ1) is 45.0. The summed E-state index contributed by atoms with van der Waals surface area (Å²) in [5, 5.41) is 19.9. The van der Waals surface area contributed by atoms with E-state index in [1.54, 1.807) is 6.92 Å². The van der Waals surface area contributed by atoms with Gasteiger partial charge in [0, 0.05) is 12.1 Å². The Morgan fingerprint density at radius 2 is 1.02 bits per heavy atom. The van der Waals surface area contributed by atoms with Crippen LogP contribution >= 0.6 is 0 Å². The fourth-order valence-electron chi connectivity index (χ4n) is 6.24. The van der Waals surface area contributed by atoms with E-state index in [0.29, 0.717) is 12.1 Å². The van der Waals surface area contributed by atoms with Gasteiger partial charge in [0.15, 0.2) is 0 Å². The third kappa shape index (κ3) is 13.5. The van der Waals surface area contributed by atoms with Crippen LogP contribution in [0.5, 0.6) is 0 Å². The lowest BCUT2D eigenvalue weighted by atomic mass is 9.95. The third-order valence-corrected chi connectivity index (χ3v) is 9.94. The fraction of sp³-hybridized carbons (Fsp3) is 0.173. The second-order valence-electron chi connectivity index (χ2n) is 14.4. The third-order valence-electron chi connectivity index (χ3n) is 9.94. The summed E-state index contributed by atoms with van der Waals surface area (Å²) in [6.45, 7) is 12.0. The predicted octanol–water partition coefficient (Wildman–Crippen LogP) is 11.1. The second-order valence-corrected chi connectivity index (χ2v) is 14.4. The molecule has 59 heavy (non-hydrogen) atoms. The number of aryl methyl sites for hydroxylation is 2. The van der Waals surface area contributed by atoms with Crippen LogP contribution < -0.4 is 11.1 Å². The monoisotopic (exact) mass is 786 g/mol. The highest BCUT2D eigenvalue weighted by Gasteiger charge is 2.10. The van der Waals surface area contributed by atoms with Gasteiger partial charge in [-0.25, -0.2) is 0 Å². The number of nitrogens with one attached hydrogen (secondary N) is 1. The Morgan fingerprint density at radius 1 is 0.576 bits per heavy atom. The zero-order valence-corrected chi connectivity index (χ0v) is 34.6. The van der Waals surface area contributed by atoms with Gasteiger partial charge in [-0.05, 0) is 120 Å². The lowest BCUT2D eigenvalue weighted by Crippen LogP contribution is -2.33. The number of aliphatic carboxylic acids is 2. The van der Waals surface area contributed by atoms with E-state index in [0.717, 1.165) is 28.5 Å². The Balaban J connectivity index is 0.000000232. The number of carboxylic acid groups (broad SMARTS) is 2. The van der Waals surface area contributed by atoms with Crippen LogP contribution in [-0.4, -0.2) is 40.5 Å². The SMILES string of the molecule is C[C@@H](N)C(=O)O.Cc1cc(C=O)ccc1/C=C/c1cccc(-c2ccccc2)c1C.Cc1cc(CN[C@H](C)C(=O)O)ccc1/C=C/c1cccc(-c2ccccc2)c1C. The molecule has 6 aromatic rings. The number of aldehydes is 1. The molecular formula is C52H54N2O5. The first-order valence-corrected chi connectivity index (χ1v) is 19.5. The van der Waals surface area contributed by atoms with E-state index < -0.39 is 24.0 Å².